The van der Waals surface area contributed by atoms with Crippen LogP contribution >= 0.6 is 22.6 Å². The topological polar surface area (TPSA) is 101 Å². The van der Waals surface area contributed by atoms with Crippen LogP contribution in [0.1, 0.15) is 51.5 Å². The number of aryl methyl sites for hydroxylation is 2. The number of carbonyl (C=O) groups excluding carboxylic acids is 1. The Morgan fingerprint density at radius 1 is 1.18 bits per heavy atom. The lowest BCUT2D eigenvalue weighted by atomic mass is 9.87. The molecule has 1 aromatic carbocycles. The molecule has 210 valence electrons. The molecule has 5 rings (SSSR count). The molecule has 0 spiro atoms. The van der Waals surface area contributed by atoms with E-state index in [2.05, 4.69) is 57.4 Å². The van der Waals surface area contributed by atoms with E-state index in [4.69, 9.17) is 9.72 Å². The van der Waals surface area contributed by atoms with Gasteiger partial charge in [0.1, 0.15) is 11.9 Å². The van der Waals surface area contributed by atoms with Gasteiger partial charge in [-0.3, -0.25) is 19.2 Å². The lowest BCUT2D eigenvalue weighted by Gasteiger charge is -2.28. The van der Waals surface area contributed by atoms with Crippen LogP contribution < -0.4 is 14.5 Å². The highest BCUT2D eigenvalue weighted by molar-refractivity contribution is 14.1. The molecule has 0 unspecified atom stereocenters. The normalized spacial score (nSPS) is 20.7. The summed E-state index contributed by atoms with van der Waals surface area (Å²) in [7, 11) is 1.83. The summed E-state index contributed by atoms with van der Waals surface area (Å²) >= 11 is 2.35. The number of hydrogen-bond acceptors (Lipinski definition) is 6. The maximum atomic E-state index is 13.6. The van der Waals surface area contributed by atoms with E-state index in [0.29, 0.717) is 48.8 Å². The monoisotopic (exact) mass is 655 g/mol. The van der Waals surface area contributed by atoms with Crippen LogP contribution in [0.5, 0.6) is 5.88 Å². The quantitative estimate of drug-likeness (QED) is 0.279. The van der Waals surface area contributed by atoms with Crippen LogP contribution in [-0.2, 0) is 16.6 Å². The molecule has 1 aliphatic heterocycles. The van der Waals surface area contributed by atoms with Crippen molar-refractivity contribution >= 4 is 62.7 Å². The number of fused-ring (bicyclic) bond motifs is 1. The number of benzene rings is 1. The van der Waals surface area contributed by atoms with Gasteiger partial charge in [-0.15, -0.1) is 5.10 Å². The molecule has 2 aromatic heterocycles. The van der Waals surface area contributed by atoms with Crippen molar-refractivity contribution in [2.24, 2.45) is 18.9 Å². The van der Waals surface area contributed by atoms with Crippen LogP contribution in [0, 0.1) is 34.2 Å². The van der Waals surface area contributed by atoms with E-state index in [0.717, 1.165) is 45.5 Å². The number of carboxylic acids is 1. The molecule has 3 aromatic rings. The fourth-order valence-electron chi connectivity index (χ4n) is 5.63. The smallest absolute Gasteiger partial charge is 0.308 e. The van der Waals surface area contributed by atoms with Crippen molar-refractivity contribution in [3.8, 4) is 17.7 Å². The molecule has 1 saturated carbocycles. The van der Waals surface area contributed by atoms with Gasteiger partial charge >= 0.3 is 11.9 Å². The van der Waals surface area contributed by atoms with Crippen LogP contribution in [0.15, 0.2) is 24.3 Å². The Kier molecular flexibility index (Phi) is 8.21. The Balaban J connectivity index is 1.56. The van der Waals surface area contributed by atoms with Gasteiger partial charge in [0.05, 0.1) is 22.8 Å². The molecule has 3 heterocycles. The Bertz CT molecular complexity index is 1520. The number of aromatic nitrogens is 3. The van der Waals surface area contributed by atoms with E-state index in [-0.39, 0.29) is 17.9 Å². The molecule has 2 aliphatic rings. The van der Waals surface area contributed by atoms with Crippen molar-refractivity contribution in [2.75, 3.05) is 22.9 Å². The van der Waals surface area contributed by atoms with Crippen molar-refractivity contribution in [2.45, 2.75) is 59.0 Å². The van der Waals surface area contributed by atoms with E-state index in [1.165, 1.54) is 0 Å². The highest BCUT2D eigenvalue weighted by atomic mass is 127. The number of rotatable bonds is 6. The van der Waals surface area contributed by atoms with Crippen LogP contribution in [0.4, 0.5) is 17.2 Å². The van der Waals surface area contributed by atoms with Gasteiger partial charge in [-0.25, -0.2) is 4.98 Å². The van der Waals surface area contributed by atoms with E-state index in [1.807, 2.05) is 32.2 Å². The number of hydrogen-bond donors (Lipinski definition) is 1. The molecule has 0 radical (unpaired) electrons. The zero-order chi connectivity index (χ0) is 28.6. The van der Waals surface area contributed by atoms with E-state index in [9.17, 15) is 14.7 Å². The molecule has 1 saturated heterocycles. The first kappa shape index (κ1) is 28.2. The zero-order valence-corrected chi connectivity index (χ0v) is 25.4. The molecule has 1 N–H and O–H groups in total. The number of carbonyl (C=O) groups is 2. The van der Waals surface area contributed by atoms with Crippen LogP contribution in [0.2, 0.25) is 0 Å². The molecular weight excluding hydrogens is 621 g/mol. The Morgan fingerprint density at radius 2 is 1.93 bits per heavy atom. The van der Waals surface area contributed by atoms with Gasteiger partial charge in [0.15, 0.2) is 5.52 Å². The second kappa shape index (κ2) is 11.6. The fourth-order valence-corrected chi connectivity index (χ4v) is 6.08. The van der Waals surface area contributed by atoms with Crippen molar-refractivity contribution in [3.05, 3.63) is 33.4 Å². The number of amides is 1. The predicted molar refractivity (Wildman–Crippen MR) is 163 cm³/mol. The minimum Gasteiger partial charge on any atom is -0.481 e. The summed E-state index contributed by atoms with van der Waals surface area (Å²) in [4.78, 5) is 33.8. The van der Waals surface area contributed by atoms with Gasteiger partial charge in [0, 0.05) is 23.7 Å². The molecule has 2 fully saturated rings. The number of ether oxygens (including phenoxy) is 1. The van der Waals surface area contributed by atoms with Crippen molar-refractivity contribution in [1.29, 1.82) is 0 Å². The minimum atomic E-state index is -0.749. The standard InChI is InChI=1S/C30H34IN5O4/c1-5-6-27(37)36(25-15-19(3)22(31)16-24(25)35-14-13-18(2)17-35)26-12-11-23-28(32-26)29(33-34(23)4)40-21-9-7-20(8-10-21)30(38)39/h11-12,15-16,18,20-21H,7-10,13-14,17H2,1-4H3,(H,38,39)/t18-,20?,21?/m1/s1. The summed E-state index contributed by atoms with van der Waals surface area (Å²) in [6.07, 6.45) is 3.40. The summed E-state index contributed by atoms with van der Waals surface area (Å²) < 4.78 is 9.14. The lowest BCUT2D eigenvalue weighted by molar-refractivity contribution is -0.143. The highest BCUT2D eigenvalue weighted by Crippen LogP contribution is 2.40. The van der Waals surface area contributed by atoms with Gasteiger partial charge in [-0.1, -0.05) is 12.8 Å². The third kappa shape index (κ3) is 5.61. The second-order valence-corrected chi connectivity index (χ2v) is 12.0. The van der Waals surface area contributed by atoms with Gasteiger partial charge < -0.3 is 14.7 Å². The van der Waals surface area contributed by atoms with Crippen LogP contribution in [0.3, 0.4) is 0 Å². The summed E-state index contributed by atoms with van der Waals surface area (Å²) in [6.45, 7) is 7.79. The minimum absolute atomic E-state index is 0.134. The predicted octanol–water partition coefficient (Wildman–Crippen LogP) is 5.44. The summed E-state index contributed by atoms with van der Waals surface area (Å²) in [5.41, 5.74) is 4.15. The Hall–Kier alpha value is -3.33. The molecule has 1 atom stereocenters. The van der Waals surface area contributed by atoms with E-state index in [1.54, 1.807) is 16.5 Å². The average molecular weight is 656 g/mol. The number of halogens is 1. The fraction of sp³-hybridized carbons (Fsp3) is 0.467. The lowest BCUT2D eigenvalue weighted by Crippen LogP contribution is -2.29. The molecule has 0 bridgehead atoms. The van der Waals surface area contributed by atoms with Crippen LogP contribution in [-0.4, -0.2) is 50.9 Å². The number of anilines is 3. The SMILES string of the molecule is CC#CC(=O)N(c1ccc2c(n1)c(OC1CCC(C(=O)O)CC1)nn2C)c1cc(C)c(I)cc1N1CC[C@@H](C)C1. The Labute approximate surface area is 248 Å². The van der Waals surface area contributed by atoms with Gasteiger partial charge in [0.2, 0.25) is 0 Å². The third-order valence-electron chi connectivity index (χ3n) is 7.88. The summed E-state index contributed by atoms with van der Waals surface area (Å²) in [5, 5.41) is 13.9. The Morgan fingerprint density at radius 3 is 2.58 bits per heavy atom. The maximum absolute atomic E-state index is 13.6. The van der Waals surface area contributed by atoms with Gasteiger partial charge in [-0.2, -0.15) is 0 Å². The van der Waals surface area contributed by atoms with Crippen molar-refractivity contribution < 1.29 is 19.4 Å². The first-order valence-electron chi connectivity index (χ1n) is 13.7. The van der Waals surface area contributed by atoms with Gasteiger partial charge in [0.25, 0.3) is 5.88 Å². The number of nitrogens with zero attached hydrogens (tertiary/aromatic N) is 5. The van der Waals surface area contributed by atoms with Crippen molar-refractivity contribution in [3.63, 3.8) is 0 Å². The number of aliphatic carboxylic acids is 1. The van der Waals surface area contributed by atoms with Gasteiger partial charge in [-0.05, 0) is 110 Å². The first-order chi connectivity index (χ1) is 19.2. The molecule has 1 aliphatic carbocycles. The highest BCUT2D eigenvalue weighted by Gasteiger charge is 2.30. The second-order valence-electron chi connectivity index (χ2n) is 10.8. The van der Waals surface area contributed by atoms with E-state index < -0.39 is 5.97 Å². The molecular formula is C30H34IN5O4. The third-order valence-corrected chi connectivity index (χ3v) is 9.04. The summed E-state index contributed by atoms with van der Waals surface area (Å²) in [6, 6.07) is 7.91. The average Bonchev–Trinajstić information content (AvgIpc) is 3.49. The van der Waals surface area contributed by atoms with Crippen molar-refractivity contribution in [1.82, 2.24) is 14.8 Å². The molecule has 9 nitrogen and oxygen atoms in total. The maximum Gasteiger partial charge on any atom is 0.308 e. The molecule has 40 heavy (non-hydrogen) atoms. The largest absolute Gasteiger partial charge is 0.481 e. The molecule has 1 amide bonds. The summed E-state index contributed by atoms with van der Waals surface area (Å²) in [5.74, 6) is 5.46. The first-order valence-corrected chi connectivity index (χ1v) is 14.8. The molecule has 10 heteroatoms. The van der Waals surface area contributed by atoms with E-state index >= 15 is 0 Å². The number of carboxylic acid groups (broad SMARTS) is 1. The zero-order valence-electron chi connectivity index (χ0n) is 23.3. The van der Waals surface area contributed by atoms with Crippen LogP contribution in [0.25, 0.3) is 11.0 Å². The number of pyridine rings is 1.